The molecule has 0 heterocycles. The Morgan fingerprint density at radius 1 is 1.19 bits per heavy atom. The fourth-order valence-electron chi connectivity index (χ4n) is 2.84. The number of rotatable bonds is 4. The smallest absolute Gasteiger partial charge is 0.0695 e. The van der Waals surface area contributed by atoms with E-state index in [4.69, 9.17) is 0 Å². The minimum absolute atomic E-state index is 0.114. The molecule has 0 aromatic rings. The van der Waals surface area contributed by atoms with Crippen molar-refractivity contribution in [3.8, 4) is 0 Å². The van der Waals surface area contributed by atoms with E-state index in [1.165, 1.54) is 6.42 Å². The van der Waals surface area contributed by atoms with Crippen LogP contribution in [-0.2, 0) is 0 Å². The Bertz CT molecular complexity index is 201. The summed E-state index contributed by atoms with van der Waals surface area (Å²) in [6, 6.07) is 0.915. The van der Waals surface area contributed by atoms with Crippen molar-refractivity contribution in [3.63, 3.8) is 0 Å². The monoisotopic (exact) mass is 227 g/mol. The van der Waals surface area contributed by atoms with Crippen molar-refractivity contribution in [3.05, 3.63) is 0 Å². The molecule has 1 aliphatic rings. The highest BCUT2D eigenvalue weighted by Crippen LogP contribution is 2.29. The van der Waals surface area contributed by atoms with Crippen LogP contribution in [0.5, 0.6) is 0 Å². The first-order valence-electron chi connectivity index (χ1n) is 6.85. The molecule has 1 fully saturated rings. The highest BCUT2D eigenvalue weighted by molar-refractivity contribution is 4.87. The molecule has 0 aromatic heterocycles. The second-order valence-electron chi connectivity index (χ2n) is 6.24. The van der Waals surface area contributed by atoms with Crippen LogP contribution in [0.3, 0.4) is 0 Å². The van der Waals surface area contributed by atoms with Crippen molar-refractivity contribution in [1.29, 1.82) is 0 Å². The summed E-state index contributed by atoms with van der Waals surface area (Å²) in [5, 5.41) is 10.2. The van der Waals surface area contributed by atoms with E-state index >= 15 is 0 Å². The van der Waals surface area contributed by atoms with Gasteiger partial charge < -0.3 is 5.11 Å². The molecule has 1 aliphatic carbocycles. The zero-order valence-electron chi connectivity index (χ0n) is 11.6. The molecule has 2 nitrogen and oxygen atoms in total. The van der Waals surface area contributed by atoms with Crippen molar-refractivity contribution in [2.24, 2.45) is 11.8 Å². The topological polar surface area (TPSA) is 23.5 Å². The third-order valence-electron chi connectivity index (χ3n) is 3.71. The second kappa shape index (κ2) is 6.02. The molecule has 1 N–H and O–H groups in total. The van der Waals surface area contributed by atoms with Gasteiger partial charge in [-0.2, -0.15) is 0 Å². The minimum atomic E-state index is -0.114. The normalized spacial score (nSPS) is 31.7. The fourth-order valence-corrected chi connectivity index (χ4v) is 2.84. The van der Waals surface area contributed by atoms with E-state index in [9.17, 15) is 5.11 Å². The second-order valence-corrected chi connectivity index (χ2v) is 6.24. The average molecular weight is 227 g/mol. The van der Waals surface area contributed by atoms with Gasteiger partial charge >= 0.3 is 0 Å². The number of aliphatic hydroxyl groups is 1. The van der Waals surface area contributed by atoms with E-state index in [1.807, 2.05) is 0 Å². The maximum atomic E-state index is 10.2. The molecule has 1 rings (SSSR count). The molecule has 16 heavy (non-hydrogen) atoms. The zero-order chi connectivity index (χ0) is 12.3. The largest absolute Gasteiger partial charge is 0.391 e. The SMILES string of the molecule is CC(C)CN(C(C)C)C1CC(C)CCC1O. The molecule has 0 spiro atoms. The van der Waals surface area contributed by atoms with E-state index in [2.05, 4.69) is 39.5 Å². The Balaban J connectivity index is 2.67. The maximum absolute atomic E-state index is 10.2. The van der Waals surface area contributed by atoms with Crippen LogP contribution in [-0.4, -0.2) is 34.7 Å². The van der Waals surface area contributed by atoms with Crippen LogP contribution in [0, 0.1) is 11.8 Å². The highest BCUT2D eigenvalue weighted by atomic mass is 16.3. The first-order chi connectivity index (χ1) is 7.41. The lowest BCUT2D eigenvalue weighted by atomic mass is 9.83. The third-order valence-corrected chi connectivity index (χ3v) is 3.71. The molecular formula is C14H29NO. The molecule has 3 unspecified atom stereocenters. The summed E-state index contributed by atoms with van der Waals surface area (Å²) in [4.78, 5) is 2.50. The third kappa shape index (κ3) is 3.74. The Morgan fingerprint density at radius 2 is 1.81 bits per heavy atom. The van der Waals surface area contributed by atoms with Gasteiger partial charge in [0.2, 0.25) is 0 Å². The summed E-state index contributed by atoms with van der Waals surface area (Å²) >= 11 is 0. The Labute approximate surface area is 101 Å². The lowest BCUT2D eigenvalue weighted by molar-refractivity contribution is -0.0131. The molecule has 96 valence electrons. The van der Waals surface area contributed by atoms with Gasteiger partial charge in [0.25, 0.3) is 0 Å². The summed E-state index contributed by atoms with van der Waals surface area (Å²) in [7, 11) is 0. The van der Waals surface area contributed by atoms with Crippen LogP contribution in [0.15, 0.2) is 0 Å². The van der Waals surface area contributed by atoms with Crippen LogP contribution in [0.2, 0.25) is 0 Å². The highest BCUT2D eigenvalue weighted by Gasteiger charge is 2.32. The van der Waals surface area contributed by atoms with Gasteiger partial charge in [0.1, 0.15) is 0 Å². The predicted molar refractivity (Wildman–Crippen MR) is 69.5 cm³/mol. The number of aliphatic hydroxyl groups excluding tert-OH is 1. The van der Waals surface area contributed by atoms with Gasteiger partial charge in [-0.05, 0) is 44.9 Å². The fraction of sp³-hybridized carbons (Fsp3) is 1.00. The molecule has 0 amide bonds. The molecule has 1 saturated carbocycles. The number of hydrogen-bond acceptors (Lipinski definition) is 2. The van der Waals surface area contributed by atoms with Crippen molar-refractivity contribution >= 4 is 0 Å². The van der Waals surface area contributed by atoms with Gasteiger partial charge in [-0.15, -0.1) is 0 Å². The van der Waals surface area contributed by atoms with Gasteiger partial charge in [-0.3, -0.25) is 4.90 Å². The Kier molecular flexibility index (Phi) is 5.26. The van der Waals surface area contributed by atoms with Gasteiger partial charge in [0.15, 0.2) is 0 Å². The van der Waals surface area contributed by atoms with E-state index in [0.717, 1.165) is 25.3 Å². The minimum Gasteiger partial charge on any atom is -0.391 e. The van der Waals surface area contributed by atoms with Crippen LogP contribution >= 0.6 is 0 Å². The average Bonchev–Trinajstić information content (AvgIpc) is 2.18. The molecular weight excluding hydrogens is 198 g/mol. The van der Waals surface area contributed by atoms with Gasteiger partial charge in [-0.25, -0.2) is 0 Å². The Morgan fingerprint density at radius 3 is 2.31 bits per heavy atom. The molecule has 2 heteroatoms. The first-order valence-corrected chi connectivity index (χ1v) is 6.85. The lowest BCUT2D eigenvalue weighted by Crippen LogP contribution is -2.51. The summed E-state index contributed by atoms with van der Waals surface area (Å²) in [6.07, 6.45) is 3.21. The standard InChI is InChI=1S/C14H29NO/c1-10(2)9-15(11(3)4)13-8-12(5)6-7-14(13)16/h10-14,16H,6-9H2,1-5H3. The van der Waals surface area contributed by atoms with Crippen LogP contribution in [0.1, 0.15) is 53.9 Å². The molecule has 0 aromatic carbocycles. The van der Waals surface area contributed by atoms with Gasteiger partial charge in [0.05, 0.1) is 6.10 Å². The lowest BCUT2D eigenvalue weighted by Gasteiger charge is -2.42. The van der Waals surface area contributed by atoms with E-state index < -0.39 is 0 Å². The zero-order valence-corrected chi connectivity index (χ0v) is 11.6. The van der Waals surface area contributed by atoms with Crippen molar-refractivity contribution < 1.29 is 5.11 Å². The molecule has 3 atom stereocenters. The predicted octanol–water partition coefficient (Wildman–Crippen LogP) is 2.90. The molecule has 0 radical (unpaired) electrons. The quantitative estimate of drug-likeness (QED) is 0.798. The maximum Gasteiger partial charge on any atom is 0.0695 e. The van der Waals surface area contributed by atoms with Crippen molar-refractivity contribution in [1.82, 2.24) is 4.90 Å². The van der Waals surface area contributed by atoms with Crippen LogP contribution in [0.25, 0.3) is 0 Å². The van der Waals surface area contributed by atoms with Gasteiger partial charge in [-0.1, -0.05) is 20.8 Å². The molecule has 0 aliphatic heterocycles. The summed E-state index contributed by atoms with van der Waals surface area (Å²) in [5.74, 6) is 1.44. The summed E-state index contributed by atoms with van der Waals surface area (Å²) in [5.41, 5.74) is 0. The van der Waals surface area contributed by atoms with Gasteiger partial charge in [0, 0.05) is 18.6 Å². The molecule has 0 bridgehead atoms. The Hall–Kier alpha value is -0.0800. The van der Waals surface area contributed by atoms with E-state index in [-0.39, 0.29) is 6.10 Å². The first kappa shape index (κ1) is 14.0. The summed E-state index contributed by atoms with van der Waals surface area (Å²) < 4.78 is 0. The summed E-state index contributed by atoms with van der Waals surface area (Å²) in [6.45, 7) is 12.4. The molecule has 0 saturated heterocycles. The van der Waals surface area contributed by atoms with Crippen molar-refractivity contribution in [2.45, 2.75) is 72.1 Å². The van der Waals surface area contributed by atoms with Crippen LogP contribution in [0.4, 0.5) is 0 Å². The number of nitrogens with zero attached hydrogens (tertiary/aromatic N) is 1. The number of hydrogen-bond donors (Lipinski definition) is 1. The van der Waals surface area contributed by atoms with Crippen LogP contribution < -0.4 is 0 Å². The van der Waals surface area contributed by atoms with Crippen molar-refractivity contribution in [2.75, 3.05) is 6.54 Å². The van der Waals surface area contributed by atoms with E-state index in [0.29, 0.717) is 18.0 Å². The van der Waals surface area contributed by atoms with E-state index in [1.54, 1.807) is 0 Å².